The van der Waals surface area contributed by atoms with Crippen LogP contribution in [0.15, 0.2) is 0 Å². The summed E-state index contributed by atoms with van der Waals surface area (Å²) in [5.41, 5.74) is 0. The number of thiol groups is 1. The van der Waals surface area contributed by atoms with E-state index in [4.69, 9.17) is 18.3 Å². The number of aliphatic hydroxyl groups excluding tert-OH is 7. The normalized spacial score (nSPS) is 22.6. The van der Waals surface area contributed by atoms with E-state index in [1.54, 1.807) is 0 Å². The molecule has 0 aromatic carbocycles. The second-order valence-electron chi connectivity index (χ2n) is 4.18. The van der Waals surface area contributed by atoms with Gasteiger partial charge in [0, 0.05) is 0 Å². The van der Waals surface area contributed by atoms with E-state index in [9.17, 15) is 25.5 Å². The molecule has 0 aliphatic carbocycles. The first-order valence-electron chi connectivity index (χ1n) is 5.62. The molecule has 7 N–H and O–H groups in total. The summed E-state index contributed by atoms with van der Waals surface area (Å²) in [4.78, 5) is 0. The molecule has 9 nitrogen and oxygen atoms in total. The molecule has 0 rings (SSSR count). The minimum Gasteiger partial charge on any atom is -0.445 e. The molecule has 11 heteroatoms. The predicted molar refractivity (Wildman–Crippen MR) is 68.7 cm³/mol. The van der Waals surface area contributed by atoms with E-state index >= 15 is 0 Å². The molecule has 7 atom stereocenters. The van der Waals surface area contributed by atoms with Crippen LogP contribution in [0.4, 0.5) is 0 Å². The van der Waals surface area contributed by atoms with Gasteiger partial charge in [0.1, 0.15) is 42.7 Å². The fraction of sp³-hybridized carbons (Fsp3) is 1.00. The number of hydrogen-bond donors (Lipinski definition) is 8. The van der Waals surface area contributed by atoms with Crippen molar-refractivity contribution in [3.63, 3.8) is 0 Å². The minimum absolute atomic E-state index is 0.487. The highest BCUT2D eigenvalue weighted by molar-refractivity contribution is 7.75. The molecule has 0 amide bonds. The molecule has 0 aromatic rings. The fourth-order valence-corrected chi connectivity index (χ4v) is 1.72. The van der Waals surface area contributed by atoms with Gasteiger partial charge in [-0.2, -0.15) is 0 Å². The second-order valence-corrected chi connectivity index (χ2v) is 4.39. The van der Waals surface area contributed by atoms with E-state index in [2.05, 4.69) is 21.7 Å². The van der Waals surface area contributed by atoms with E-state index in [0.29, 0.717) is 0 Å². The lowest BCUT2D eigenvalue weighted by Gasteiger charge is -2.33. The molecule has 0 aliphatic heterocycles. The Morgan fingerprint density at radius 1 is 0.850 bits per heavy atom. The lowest BCUT2D eigenvalue weighted by Crippen LogP contribution is -2.55. The SMILES string of the molecule is [B]OCC(O)C(O)C(OS)C(O)C(O)C(O)C(O)CO. The van der Waals surface area contributed by atoms with Crippen molar-refractivity contribution < 1.29 is 44.6 Å². The Morgan fingerprint density at radius 2 is 1.40 bits per heavy atom. The van der Waals surface area contributed by atoms with Crippen molar-refractivity contribution in [3.05, 3.63) is 0 Å². The van der Waals surface area contributed by atoms with Crippen molar-refractivity contribution in [2.24, 2.45) is 0 Å². The first-order valence-corrected chi connectivity index (χ1v) is 5.99. The maximum atomic E-state index is 9.76. The van der Waals surface area contributed by atoms with Crippen molar-refractivity contribution >= 4 is 21.0 Å². The minimum atomic E-state index is -1.98. The third-order valence-corrected chi connectivity index (χ3v) is 2.98. The first kappa shape index (κ1) is 20.1. The van der Waals surface area contributed by atoms with Crippen molar-refractivity contribution in [1.82, 2.24) is 0 Å². The Morgan fingerprint density at radius 3 is 1.80 bits per heavy atom. The Balaban J connectivity index is 4.79. The average molecular weight is 314 g/mol. The molecule has 0 aromatic heterocycles. The third kappa shape index (κ3) is 5.45. The molecule has 0 spiro atoms. The molecular formula is C9H19BO9S. The molecule has 0 saturated heterocycles. The zero-order chi connectivity index (χ0) is 15.9. The number of aliphatic hydroxyl groups is 7. The van der Waals surface area contributed by atoms with E-state index in [1.165, 1.54) is 0 Å². The standard InChI is InChI=1S/C9H19BO9S/c10-18-2-4(13)6(15)9(19-20)8(17)7(16)5(14)3(12)1-11/h3-9,11-17,20H,1-2H2. The summed E-state index contributed by atoms with van der Waals surface area (Å²) in [7, 11) is 4.71. The van der Waals surface area contributed by atoms with E-state index in [0.717, 1.165) is 0 Å². The summed E-state index contributed by atoms with van der Waals surface area (Å²) in [6.07, 6.45) is -12.5. The summed E-state index contributed by atoms with van der Waals surface area (Å²) in [6, 6.07) is 0. The van der Waals surface area contributed by atoms with Crippen LogP contribution in [0.2, 0.25) is 0 Å². The van der Waals surface area contributed by atoms with Crippen molar-refractivity contribution in [3.8, 4) is 0 Å². The van der Waals surface area contributed by atoms with Gasteiger partial charge in [0.2, 0.25) is 0 Å². The van der Waals surface area contributed by atoms with Crippen LogP contribution in [0.25, 0.3) is 0 Å². The highest BCUT2D eigenvalue weighted by Gasteiger charge is 2.40. The van der Waals surface area contributed by atoms with Crippen LogP contribution in [-0.2, 0) is 8.84 Å². The Kier molecular flexibility index (Phi) is 9.92. The quantitative estimate of drug-likeness (QED) is 0.113. The van der Waals surface area contributed by atoms with Gasteiger partial charge in [-0.15, -0.1) is 0 Å². The van der Waals surface area contributed by atoms with E-state index in [-0.39, 0.29) is 0 Å². The van der Waals surface area contributed by atoms with Crippen LogP contribution < -0.4 is 0 Å². The summed E-state index contributed by atoms with van der Waals surface area (Å²) in [6.45, 7) is -1.34. The van der Waals surface area contributed by atoms with Crippen LogP contribution in [0.3, 0.4) is 0 Å². The summed E-state index contributed by atoms with van der Waals surface area (Å²) in [5.74, 6) is 0. The molecule has 0 aliphatic rings. The van der Waals surface area contributed by atoms with Gasteiger partial charge in [-0.1, -0.05) is 0 Å². The highest BCUT2D eigenvalue weighted by atomic mass is 32.1. The highest BCUT2D eigenvalue weighted by Crippen LogP contribution is 2.17. The fourth-order valence-electron chi connectivity index (χ4n) is 1.47. The van der Waals surface area contributed by atoms with Crippen molar-refractivity contribution in [1.29, 1.82) is 0 Å². The Labute approximate surface area is 122 Å². The zero-order valence-electron chi connectivity index (χ0n) is 10.4. The largest absolute Gasteiger partial charge is 0.445 e. The van der Waals surface area contributed by atoms with Crippen LogP contribution in [0.5, 0.6) is 0 Å². The Hall–Kier alpha value is 0.0549. The summed E-state index contributed by atoms with van der Waals surface area (Å²) < 4.78 is 8.55. The maximum absolute atomic E-state index is 9.76. The van der Waals surface area contributed by atoms with Crippen LogP contribution in [0, 0.1) is 0 Å². The van der Waals surface area contributed by atoms with Gasteiger partial charge in [0.15, 0.2) is 0 Å². The third-order valence-electron chi connectivity index (χ3n) is 2.74. The van der Waals surface area contributed by atoms with Crippen molar-refractivity contribution in [2.75, 3.05) is 13.2 Å². The van der Waals surface area contributed by atoms with Gasteiger partial charge in [-0.25, -0.2) is 0 Å². The van der Waals surface area contributed by atoms with Gasteiger partial charge in [-0.3, -0.25) is 0 Å². The maximum Gasteiger partial charge on any atom is 0.282 e. The number of rotatable bonds is 10. The lowest BCUT2D eigenvalue weighted by molar-refractivity contribution is -0.162. The molecule has 118 valence electrons. The molecule has 0 heterocycles. The van der Waals surface area contributed by atoms with Crippen LogP contribution >= 0.6 is 12.9 Å². The zero-order valence-corrected chi connectivity index (χ0v) is 11.3. The van der Waals surface area contributed by atoms with Gasteiger partial charge in [0.25, 0.3) is 8.05 Å². The molecule has 0 saturated carbocycles. The van der Waals surface area contributed by atoms with Gasteiger partial charge >= 0.3 is 0 Å². The van der Waals surface area contributed by atoms with Crippen LogP contribution in [0.1, 0.15) is 0 Å². The van der Waals surface area contributed by atoms with E-state index < -0.39 is 55.9 Å². The second kappa shape index (κ2) is 9.89. The van der Waals surface area contributed by atoms with Gasteiger partial charge in [0.05, 0.1) is 13.2 Å². The topological polar surface area (TPSA) is 160 Å². The molecule has 0 fully saturated rings. The molecule has 2 radical (unpaired) electrons. The number of hydrogen-bond acceptors (Lipinski definition) is 10. The molecular weight excluding hydrogens is 295 g/mol. The monoisotopic (exact) mass is 314 g/mol. The van der Waals surface area contributed by atoms with Gasteiger partial charge in [-0.05, 0) is 12.9 Å². The molecule has 7 unspecified atom stereocenters. The van der Waals surface area contributed by atoms with Crippen LogP contribution in [-0.4, -0.2) is 99.7 Å². The predicted octanol–water partition coefficient (Wildman–Crippen LogP) is -4.53. The van der Waals surface area contributed by atoms with Gasteiger partial charge < -0.3 is 44.6 Å². The molecule has 0 bridgehead atoms. The first-order chi connectivity index (χ1) is 9.31. The summed E-state index contributed by atoms with van der Waals surface area (Å²) in [5, 5.41) is 65.7. The Bertz CT molecular complexity index is 262. The van der Waals surface area contributed by atoms with Crippen molar-refractivity contribution in [2.45, 2.75) is 42.7 Å². The van der Waals surface area contributed by atoms with E-state index in [1.807, 2.05) is 0 Å². The lowest BCUT2D eigenvalue weighted by atomic mass is 9.94. The molecule has 20 heavy (non-hydrogen) atoms. The average Bonchev–Trinajstić information content (AvgIpc) is 2.45. The summed E-state index contributed by atoms with van der Waals surface area (Å²) >= 11 is 3.39. The smallest absolute Gasteiger partial charge is 0.282 e.